The van der Waals surface area contributed by atoms with E-state index in [0.717, 1.165) is 3.93 Å². The maximum Gasteiger partial charge on any atom is -0.147 e. The Hall–Kier alpha value is 0.435. The second kappa shape index (κ2) is 7.54. The van der Waals surface area contributed by atoms with Gasteiger partial charge >= 0.3 is 68.4 Å². The van der Waals surface area contributed by atoms with Crippen LogP contribution >= 0.6 is 12.4 Å². The van der Waals surface area contributed by atoms with E-state index in [4.69, 9.17) is 2.64 Å². The normalized spacial score (nSPS) is 7.00. The summed E-state index contributed by atoms with van der Waals surface area (Å²) >= 11 is -1.22. The van der Waals surface area contributed by atoms with Crippen molar-refractivity contribution in [2.45, 2.75) is 17.8 Å². The van der Waals surface area contributed by atoms with Crippen molar-refractivity contribution in [3.63, 3.8) is 0 Å². The predicted octanol–water partition coefficient (Wildman–Crippen LogP) is 1.96. The molecule has 0 bridgehead atoms. The van der Waals surface area contributed by atoms with Crippen molar-refractivity contribution >= 4 is 18.4 Å². The van der Waals surface area contributed by atoms with Crippen molar-refractivity contribution in [2.75, 3.05) is 0 Å². The van der Waals surface area contributed by atoms with Gasteiger partial charge in [0.15, 0.2) is 0 Å². The molecule has 0 aliphatic carbocycles. The zero-order chi connectivity index (χ0) is 7.28. The third kappa shape index (κ3) is 6.55. The first-order valence-electron chi connectivity index (χ1n) is 3.01. The summed E-state index contributed by atoms with van der Waals surface area (Å²) < 4.78 is 6.02. The average Bonchev–Trinajstić information content (AvgIpc) is 1.82. The molecule has 0 aromatic rings. The molecule has 0 unspecified atom stereocenters. The molecule has 0 saturated carbocycles. The van der Waals surface area contributed by atoms with Gasteiger partial charge in [-0.3, -0.25) is 0 Å². The van der Waals surface area contributed by atoms with Gasteiger partial charge in [0, 0.05) is 0 Å². The molecule has 0 spiro atoms. The van der Waals surface area contributed by atoms with Crippen LogP contribution in [0.3, 0.4) is 0 Å². The van der Waals surface area contributed by atoms with Gasteiger partial charge < -0.3 is 0 Å². The zero-order valence-corrected chi connectivity index (χ0v) is 12.7. The van der Waals surface area contributed by atoms with Crippen LogP contribution < -0.4 is 0 Å². The van der Waals surface area contributed by atoms with Gasteiger partial charge in [-0.25, -0.2) is 0 Å². The maximum absolute atomic E-state index is 10.6. The molecule has 0 radical (unpaired) electrons. The van der Waals surface area contributed by atoms with Crippen LogP contribution in [0.25, 0.3) is 0 Å². The maximum atomic E-state index is 10.6. The molecule has 0 N–H and O–H groups in total. The summed E-state index contributed by atoms with van der Waals surface area (Å²) in [4.78, 5) is 10.6. The van der Waals surface area contributed by atoms with E-state index in [1.165, 1.54) is 0 Å². The van der Waals surface area contributed by atoms with Crippen molar-refractivity contribution < 1.29 is 32.5 Å². The molecule has 0 aromatic heterocycles. The molecule has 0 fully saturated rings. The zero-order valence-electron chi connectivity index (χ0n) is 6.35. The summed E-state index contributed by atoms with van der Waals surface area (Å²) in [6, 6.07) is 0. The first-order valence-corrected chi connectivity index (χ1v) is 9.14. The second-order valence-corrected chi connectivity index (χ2v) is 8.51. The van der Waals surface area contributed by atoms with Crippen LogP contribution in [0.15, 0.2) is 12.2 Å². The van der Waals surface area contributed by atoms with E-state index >= 15 is 0 Å². The van der Waals surface area contributed by atoms with Gasteiger partial charge in [-0.2, -0.15) is 0 Å². The van der Waals surface area contributed by atoms with E-state index in [2.05, 4.69) is 6.58 Å². The van der Waals surface area contributed by atoms with Crippen molar-refractivity contribution in [1.29, 1.82) is 0 Å². The fraction of sp³-hybridized carbons (Fsp3) is 0.500. The van der Waals surface area contributed by atoms with Crippen LogP contribution in [0.5, 0.6) is 0 Å². The van der Waals surface area contributed by atoms with Gasteiger partial charge in [0.1, 0.15) is 0 Å². The van der Waals surface area contributed by atoms with Gasteiger partial charge in [-0.15, -0.1) is 12.4 Å². The minimum Gasteiger partial charge on any atom is -0.147 e. The summed E-state index contributed by atoms with van der Waals surface area (Å²) in [5, 5.41) is 0. The van der Waals surface area contributed by atoms with Crippen molar-refractivity contribution in [1.82, 2.24) is 0 Å². The first kappa shape index (κ1) is 13.1. The van der Waals surface area contributed by atoms with Gasteiger partial charge in [-0.05, 0) is 0 Å². The van der Waals surface area contributed by atoms with Gasteiger partial charge in [-0.1, -0.05) is 0 Å². The Morgan fingerprint density at radius 3 is 2.50 bits per heavy atom. The molecule has 56 valence electrons. The number of rotatable bonds is 3. The molecule has 0 rings (SSSR count). The molecular weight excluding hydrogens is 340 g/mol. The number of carbonyl (C=O) groups excluding carboxylic acids is 1. The van der Waals surface area contributed by atoms with Gasteiger partial charge in [0.05, 0.1) is 0 Å². The fourth-order valence-electron chi connectivity index (χ4n) is 0.318. The standard InChI is InChI=1S/C4H6O2.C2H5.ClH.Hg/c1-3(2)4(5)6;1-2;;/h1H2,2H3,(H,5,6);1H2,2H3;1H;/q;;;+1/p-1. The SMILES string of the molecule is C=C(C)C(=O)[O][Hg][CH2]C.Cl. The van der Waals surface area contributed by atoms with E-state index < -0.39 is 25.0 Å². The number of halogens is 1. The van der Waals surface area contributed by atoms with E-state index in [9.17, 15) is 4.79 Å². The van der Waals surface area contributed by atoms with Crippen LogP contribution in [-0.2, 0) is 32.5 Å². The Balaban J connectivity index is 0. The molecule has 0 aliphatic rings. The third-order valence-corrected chi connectivity index (χ3v) is 4.19. The minimum absolute atomic E-state index is 0. The van der Waals surface area contributed by atoms with Gasteiger partial charge in [0.25, 0.3) is 0 Å². The third-order valence-electron chi connectivity index (χ3n) is 0.786. The quantitative estimate of drug-likeness (QED) is 0.574. The van der Waals surface area contributed by atoms with Gasteiger partial charge in [0.2, 0.25) is 0 Å². The Bertz CT molecular complexity index is 125. The van der Waals surface area contributed by atoms with E-state index in [-0.39, 0.29) is 18.4 Å². The number of hydrogen-bond acceptors (Lipinski definition) is 2. The molecule has 4 heteroatoms. The number of hydrogen-bond donors (Lipinski definition) is 0. The van der Waals surface area contributed by atoms with Crippen LogP contribution in [-0.4, -0.2) is 5.97 Å². The Labute approximate surface area is 80.5 Å². The average molecular weight is 351 g/mol. The second-order valence-electron chi connectivity index (χ2n) is 1.92. The predicted molar refractivity (Wildman–Crippen MR) is 38.6 cm³/mol. The van der Waals surface area contributed by atoms with Crippen molar-refractivity contribution in [3.05, 3.63) is 12.2 Å². The van der Waals surface area contributed by atoms with Crippen LogP contribution in [0, 0.1) is 0 Å². The van der Waals surface area contributed by atoms with Crippen molar-refractivity contribution in [2.24, 2.45) is 0 Å². The van der Waals surface area contributed by atoms with E-state index in [1.54, 1.807) is 6.92 Å². The molecule has 0 heterocycles. The van der Waals surface area contributed by atoms with Crippen LogP contribution in [0.4, 0.5) is 0 Å². The molecule has 0 aromatic carbocycles. The summed E-state index contributed by atoms with van der Waals surface area (Å²) in [6.45, 7) is 7.19. The van der Waals surface area contributed by atoms with Crippen molar-refractivity contribution in [3.8, 4) is 0 Å². The topological polar surface area (TPSA) is 26.3 Å². The Kier molecular flexibility index (Phi) is 9.85. The fourth-order valence-corrected chi connectivity index (χ4v) is 2.79. The van der Waals surface area contributed by atoms with E-state index in [0.29, 0.717) is 5.57 Å². The smallest absolute Gasteiger partial charge is 0.147 e. The summed E-state index contributed by atoms with van der Waals surface area (Å²) in [5.41, 5.74) is 0.517. The van der Waals surface area contributed by atoms with E-state index in [1.807, 2.05) is 6.92 Å². The molecule has 2 nitrogen and oxygen atoms in total. The Morgan fingerprint density at radius 2 is 2.20 bits per heavy atom. The summed E-state index contributed by atoms with van der Waals surface area (Å²) in [7, 11) is 0. The molecule has 0 atom stereocenters. The van der Waals surface area contributed by atoms with Crippen LogP contribution in [0.2, 0.25) is 3.93 Å². The Morgan fingerprint density at radius 1 is 1.70 bits per heavy atom. The molecule has 0 aliphatic heterocycles. The largest absolute Gasteiger partial charge is 0.147 e. The molecule has 0 amide bonds. The molecule has 10 heavy (non-hydrogen) atoms. The minimum atomic E-state index is -1.22. The number of carbonyl (C=O) groups is 1. The summed E-state index contributed by atoms with van der Waals surface area (Å²) in [6.07, 6.45) is 0. The first-order chi connectivity index (χ1) is 4.18. The van der Waals surface area contributed by atoms with Crippen LogP contribution in [0.1, 0.15) is 13.8 Å². The molecular formula is C6H11ClHgO2. The molecule has 0 saturated heterocycles. The monoisotopic (exact) mass is 352 g/mol. The summed E-state index contributed by atoms with van der Waals surface area (Å²) in [5.74, 6) is -0.196.